The molecule has 24 heavy (non-hydrogen) atoms. The lowest BCUT2D eigenvalue weighted by molar-refractivity contribution is 0.112. The van der Waals surface area contributed by atoms with Crippen molar-refractivity contribution in [1.82, 2.24) is 4.98 Å². The number of hydrogen-bond donors (Lipinski definition) is 1. The van der Waals surface area contributed by atoms with Crippen LogP contribution in [0.25, 0.3) is 22.2 Å². The van der Waals surface area contributed by atoms with Gasteiger partial charge in [-0.2, -0.15) is 0 Å². The van der Waals surface area contributed by atoms with E-state index in [1.165, 1.54) is 24.0 Å². The van der Waals surface area contributed by atoms with Crippen LogP contribution >= 0.6 is 0 Å². The summed E-state index contributed by atoms with van der Waals surface area (Å²) in [5, 5.41) is 1.03. The Morgan fingerprint density at radius 2 is 1.83 bits per heavy atom. The van der Waals surface area contributed by atoms with Gasteiger partial charge in [-0.15, -0.1) is 0 Å². The number of hydrogen-bond acceptors (Lipinski definition) is 1. The minimum Gasteiger partial charge on any atom is -0.354 e. The number of benzene rings is 2. The Morgan fingerprint density at radius 1 is 1.08 bits per heavy atom. The van der Waals surface area contributed by atoms with Crippen LogP contribution < -0.4 is 0 Å². The molecule has 0 unspecified atom stereocenters. The average molecular weight is 319 g/mol. The van der Waals surface area contributed by atoms with Crippen LogP contribution in [0.2, 0.25) is 0 Å². The van der Waals surface area contributed by atoms with Gasteiger partial charge < -0.3 is 4.98 Å². The van der Waals surface area contributed by atoms with Crippen molar-refractivity contribution < 1.29 is 4.79 Å². The Bertz CT molecular complexity index is 840. The molecule has 0 spiro atoms. The molecule has 0 aliphatic rings. The van der Waals surface area contributed by atoms with E-state index in [9.17, 15) is 4.79 Å². The molecule has 2 aromatic carbocycles. The first-order chi connectivity index (χ1) is 11.6. The molecule has 1 aromatic heterocycles. The van der Waals surface area contributed by atoms with Gasteiger partial charge in [0.1, 0.15) is 0 Å². The number of carbonyl (C=O) groups is 1. The van der Waals surface area contributed by atoms with Gasteiger partial charge in [-0.05, 0) is 47.6 Å². The Balaban J connectivity index is 2.05. The zero-order valence-corrected chi connectivity index (χ0v) is 14.7. The van der Waals surface area contributed by atoms with Crippen LogP contribution in [0.5, 0.6) is 0 Å². The van der Waals surface area contributed by atoms with Gasteiger partial charge in [0.05, 0.1) is 5.69 Å². The number of nitrogens with one attached hydrogen (secondary N) is 1. The molecule has 0 aliphatic heterocycles. The van der Waals surface area contributed by atoms with Crippen molar-refractivity contribution in [2.45, 2.75) is 46.0 Å². The van der Waals surface area contributed by atoms with Gasteiger partial charge in [0.15, 0.2) is 6.29 Å². The van der Waals surface area contributed by atoms with Crippen LogP contribution in [0.15, 0.2) is 42.5 Å². The molecule has 0 saturated carbocycles. The Kier molecular flexibility index (Phi) is 4.84. The largest absolute Gasteiger partial charge is 0.354 e. The van der Waals surface area contributed by atoms with E-state index >= 15 is 0 Å². The number of carbonyl (C=O) groups excluding carboxylic acids is 1. The van der Waals surface area contributed by atoms with Crippen LogP contribution in [0.1, 0.15) is 61.0 Å². The average Bonchev–Trinajstić information content (AvgIpc) is 2.97. The molecule has 0 radical (unpaired) electrons. The van der Waals surface area contributed by atoms with Crippen LogP contribution in [-0.4, -0.2) is 11.3 Å². The fourth-order valence-corrected chi connectivity index (χ4v) is 3.18. The molecule has 0 atom stereocenters. The smallest absolute Gasteiger partial charge is 0.152 e. The topological polar surface area (TPSA) is 32.9 Å². The zero-order chi connectivity index (χ0) is 17.1. The van der Waals surface area contributed by atoms with Gasteiger partial charge in [-0.3, -0.25) is 4.79 Å². The minimum absolute atomic E-state index is 0.508. The molecule has 124 valence electrons. The van der Waals surface area contributed by atoms with Crippen molar-refractivity contribution in [3.8, 4) is 11.3 Å². The third-order valence-corrected chi connectivity index (χ3v) is 4.71. The summed E-state index contributed by atoms with van der Waals surface area (Å²) in [5.41, 5.74) is 6.38. The molecule has 0 amide bonds. The molecule has 2 heteroatoms. The van der Waals surface area contributed by atoms with E-state index in [-0.39, 0.29) is 0 Å². The molecule has 0 bridgehead atoms. The van der Waals surface area contributed by atoms with Crippen LogP contribution in [0.3, 0.4) is 0 Å². The van der Waals surface area contributed by atoms with Gasteiger partial charge in [0.25, 0.3) is 0 Å². The fraction of sp³-hybridized carbons (Fsp3) is 0.318. The maximum absolute atomic E-state index is 11.8. The quantitative estimate of drug-likeness (QED) is 0.546. The van der Waals surface area contributed by atoms with Crippen molar-refractivity contribution in [2.75, 3.05) is 0 Å². The molecule has 3 rings (SSSR count). The minimum atomic E-state index is 0.508. The third kappa shape index (κ3) is 3.14. The molecule has 0 fully saturated rings. The molecule has 3 aromatic rings. The summed E-state index contributed by atoms with van der Waals surface area (Å²) in [7, 11) is 0. The van der Waals surface area contributed by atoms with Gasteiger partial charge in [0.2, 0.25) is 0 Å². The van der Waals surface area contributed by atoms with E-state index in [4.69, 9.17) is 0 Å². The van der Waals surface area contributed by atoms with Crippen molar-refractivity contribution in [1.29, 1.82) is 0 Å². The standard InChI is InChI=1S/C22H25NO/c1-4-5-6-16-7-12-21-19(13-16)20(14-24)22(23-21)18-10-8-17(9-11-18)15(2)3/h7-15,23H,4-6H2,1-3H3. The summed E-state index contributed by atoms with van der Waals surface area (Å²) in [6.45, 7) is 6.57. The summed E-state index contributed by atoms with van der Waals surface area (Å²) in [4.78, 5) is 15.2. The number of aromatic nitrogens is 1. The first kappa shape index (κ1) is 16.5. The summed E-state index contributed by atoms with van der Waals surface area (Å²) in [6, 6.07) is 14.9. The highest BCUT2D eigenvalue weighted by Gasteiger charge is 2.13. The first-order valence-electron chi connectivity index (χ1n) is 8.84. The van der Waals surface area contributed by atoms with Gasteiger partial charge in [-0.1, -0.05) is 57.5 Å². The second kappa shape index (κ2) is 7.04. The van der Waals surface area contributed by atoms with E-state index in [0.717, 1.165) is 40.4 Å². The number of H-pyrrole nitrogens is 1. The Labute approximate surface area is 143 Å². The number of aryl methyl sites for hydroxylation is 1. The fourth-order valence-electron chi connectivity index (χ4n) is 3.18. The zero-order valence-electron chi connectivity index (χ0n) is 14.7. The van der Waals surface area contributed by atoms with E-state index < -0.39 is 0 Å². The predicted molar refractivity (Wildman–Crippen MR) is 102 cm³/mol. The molecular formula is C22H25NO. The molecule has 0 saturated heterocycles. The van der Waals surface area contributed by atoms with Crippen LogP contribution in [0.4, 0.5) is 0 Å². The number of aldehydes is 1. The first-order valence-corrected chi connectivity index (χ1v) is 8.84. The lowest BCUT2D eigenvalue weighted by Gasteiger charge is -2.06. The highest BCUT2D eigenvalue weighted by molar-refractivity contribution is 6.04. The lowest BCUT2D eigenvalue weighted by atomic mass is 9.99. The second-order valence-electron chi connectivity index (χ2n) is 6.79. The van der Waals surface area contributed by atoms with Gasteiger partial charge in [-0.25, -0.2) is 0 Å². The van der Waals surface area contributed by atoms with Crippen molar-refractivity contribution in [2.24, 2.45) is 0 Å². The van der Waals surface area contributed by atoms with E-state index in [1.54, 1.807) is 0 Å². The number of aromatic amines is 1. The molecule has 1 N–H and O–H groups in total. The second-order valence-corrected chi connectivity index (χ2v) is 6.79. The summed E-state index contributed by atoms with van der Waals surface area (Å²) in [6.07, 6.45) is 4.40. The summed E-state index contributed by atoms with van der Waals surface area (Å²) >= 11 is 0. The third-order valence-electron chi connectivity index (χ3n) is 4.71. The molecule has 2 nitrogen and oxygen atoms in total. The van der Waals surface area contributed by atoms with Crippen molar-refractivity contribution >= 4 is 17.2 Å². The SMILES string of the molecule is CCCCc1ccc2[nH]c(-c3ccc(C(C)C)cc3)c(C=O)c2c1. The summed E-state index contributed by atoms with van der Waals surface area (Å²) in [5.74, 6) is 0.508. The predicted octanol–water partition coefficient (Wildman–Crippen LogP) is 6.11. The summed E-state index contributed by atoms with van der Waals surface area (Å²) < 4.78 is 0. The highest BCUT2D eigenvalue weighted by atomic mass is 16.1. The maximum atomic E-state index is 11.8. The van der Waals surface area contributed by atoms with E-state index in [2.05, 4.69) is 68.2 Å². The highest BCUT2D eigenvalue weighted by Crippen LogP contribution is 2.31. The van der Waals surface area contributed by atoms with Gasteiger partial charge >= 0.3 is 0 Å². The maximum Gasteiger partial charge on any atom is 0.152 e. The number of fused-ring (bicyclic) bond motifs is 1. The normalized spacial score (nSPS) is 11.3. The lowest BCUT2D eigenvalue weighted by Crippen LogP contribution is -1.89. The van der Waals surface area contributed by atoms with Crippen LogP contribution in [-0.2, 0) is 6.42 Å². The molecular weight excluding hydrogens is 294 g/mol. The van der Waals surface area contributed by atoms with E-state index in [0.29, 0.717) is 5.92 Å². The van der Waals surface area contributed by atoms with Gasteiger partial charge in [0, 0.05) is 16.5 Å². The molecule has 1 heterocycles. The Morgan fingerprint density at radius 3 is 2.46 bits per heavy atom. The van der Waals surface area contributed by atoms with Crippen molar-refractivity contribution in [3.05, 3.63) is 59.2 Å². The number of unbranched alkanes of at least 4 members (excludes halogenated alkanes) is 1. The monoisotopic (exact) mass is 319 g/mol. The molecule has 0 aliphatic carbocycles. The van der Waals surface area contributed by atoms with Crippen LogP contribution in [0, 0.1) is 0 Å². The van der Waals surface area contributed by atoms with E-state index in [1.807, 2.05) is 0 Å². The van der Waals surface area contributed by atoms with Crippen molar-refractivity contribution in [3.63, 3.8) is 0 Å². The number of rotatable bonds is 6. The Hall–Kier alpha value is -2.35.